The summed E-state index contributed by atoms with van der Waals surface area (Å²) in [7, 11) is 0. The highest BCUT2D eigenvalue weighted by Gasteiger charge is 2.14. The lowest BCUT2D eigenvalue weighted by Crippen LogP contribution is -2.47. The van der Waals surface area contributed by atoms with Crippen molar-refractivity contribution in [2.45, 2.75) is 26.4 Å². The van der Waals surface area contributed by atoms with E-state index in [0.717, 1.165) is 5.56 Å². The highest BCUT2D eigenvalue weighted by molar-refractivity contribution is 7.07. The second kappa shape index (κ2) is 7.03. The lowest BCUT2D eigenvalue weighted by Gasteiger charge is -2.12. The summed E-state index contributed by atoms with van der Waals surface area (Å²) in [6, 6.07) is 1.13. The molecule has 0 aliphatic heterocycles. The molecular formula is C11H17N3O2S. The van der Waals surface area contributed by atoms with Crippen LogP contribution in [0.4, 0.5) is 4.79 Å². The molecule has 0 aliphatic rings. The van der Waals surface area contributed by atoms with Gasteiger partial charge in [0.25, 0.3) is 0 Å². The smallest absolute Gasteiger partial charge is 0.321 e. The quantitative estimate of drug-likeness (QED) is 0.737. The standard InChI is InChI=1S/C11H17N3O2S/c1-3-12-11(16)14-10(15)8(2)13-6-9-4-5-17-7-9/h4-5,7-8,13H,3,6H2,1-2H3,(H2,12,14,15,16). The van der Waals surface area contributed by atoms with E-state index in [1.165, 1.54) is 0 Å². The molecule has 0 aliphatic carbocycles. The zero-order chi connectivity index (χ0) is 12.7. The summed E-state index contributed by atoms with van der Waals surface area (Å²) in [5.41, 5.74) is 1.13. The zero-order valence-corrected chi connectivity index (χ0v) is 10.8. The number of carbonyl (C=O) groups is 2. The van der Waals surface area contributed by atoms with Gasteiger partial charge in [0.15, 0.2) is 0 Å². The SMILES string of the molecule is CCNC(=O)NC(=O)C(C)NCc1ccsc1. The predicted molar refractivity (Wildman–Crippen MR) is 67.8 cm³/mol. The number of rotatable bonds is 5. The van der Waals surface area contributed by atoms with Crippen molar-refractivity contribution in [1.82, 2.24) is 16.0 Å². The Morgan fingerprint density at radius 2 is 2.24 bits per heavy atom. The Balaban J connectivity index is 2.29. The van der Waals surface area contributed by atoms with Crippen molar-refractivity contribution < 1.29 is 9.59 Å². The molecule has 1 aromatic heterocycles. The van der Waals surface area contributed by atoms with Gasteiger partial charge >= 0.3 is 6.03 Å². The van der Waals surface area contributed by atoms with Crippen LogP contribution >= 0.6 is 11.3 Å². The lowest BCUT2D eigenvalue weighted by molar-refractivity contribution is -0.121. The molecule has 0 fully saturated rings. The van der Waals surface area contributed by atoms with Gasteiger partial charge in [-0.05, 0) is 36.2 Å². The highest BCUT2D eigenvalue weighted by atomic mass is 32.1. The fourth-order valence-corrected chi connectivity index (χ4v) is 1.85. The molecule has 0 saturated heterocycles. The number of imide groups is 1. The fraction of sp³-hybridized carbons (Fsp3) is 0.455. The molecule has 1 atom stereocenters. The van der Waals surface area contributed by atoms with Crippen molar-refractivity contribution in [1.29, 1.82) is 0 Å². The molecule has 0 radical (unpaired) electrons. The number of hydrogen-bond donors (Lipinski definition) is 3. The second-order valence-corrected chi connectivity index (χ2v) is 4.36. The second-order valence-electron chi connectivity index (χ2n) is 3.58. The number of urea groups is 1. The minimum atomic E-state index is -0.457. The van der Waals surface area contributed by atoms with Gasteiger partial charge < -0.3 is 10.6 Å². The van der Waals surface area contributed by atoms with Crippen LogP contribution in [0.3, 0.4) is 0 Å². The minimum Gasteiger partial charge on any atom is -0.338 e. The molecule has 0 saturated carbocycles. The van der Waals surface area contributed by atoms with Crippen LogP contribution in [-0.4, -0.2) is 24.5 Å². The Hall–Kier alpha value is -1.40. The predicted octanol–water partition coefficient (Wildman–Crippen LogP) is 1.07. The van der Waals surface area contributed by atoms with Gasteiger partial charge in [0, 0.05) is 13.1 Å². The topological polar surface area (TPSA) is 70.2 Å². The number of thiophene rings is 1. The molecular weight excluding hydrogens is 238 g/mol. The zero-order valence-electron chi connectivity index (χ0n) is 9.95. The van der Waals surface area contributed by atoms with Gasteiger partial charge in [-0.3, -0.25) is 10.1 Å². The molecule has 1 unspecified atom stereocenters. The van der Waals surface area contributed by atoms with Crippen LogP contribution in [0.15, 0.2) is 16.8 Å². The first-order valence-electron chi connectivity index (χ1n) is 5.46. The van der Waals surface area contributed by atoms with Gasteiger partial charge in [0.1, 0.15) is 0 Å². The van der Waals surface area contributed by atoms with Crippen LogP contribution in [0.2, 0.25) is 0 Å². The molecule has 1 heterocycles. The molecule has 94 valence electrons. The van der Waals surface area contributed by atoms with Crippen molar-refractivity contribution in [3.63, 3.8) is 0 Å². The third kappa shape index (κ3) is 4.97. The first-order valence-corrected chi connectivity index (χ1v) is 6.41. The average Bonchev–Trinajstić information content (AvgIpc) is 2.78. The van der Waals surface area contributed by atoms with Gasteiger partial charge in [-0.2, -0.15) is 11.3 Å². The van der Waals surface area contributed by atoms with Crippen LogP contribution < -0.4 is 16.0 Å². The summed E-state index contributed by atoms with van der Waals surface area (Å²) in [6.45, 7) is 4.63. The summed E-state index contributed by atoms with van der Waals surface area (Å²) in [5, 5.41) is 11.8. The number of nitrogens with one attached hydrogen (secondary N) is 3. The molecule has 1 aromatic rings. The maximum Gasteiger partial charge on any atom is 0.321 e. The first kappa shape index (κ1) is 13.7. The van der Waals surface area contributed by atoms with Gasteiger partial charge in [0.2, 0.25) is 5.91 Å². The van der Waals surface area contributed by atoms with E-state index >= 15 is 0 Å². The van der Waals surface area contributed by atoms with Gasteiger partial charge in [-0.1, -0.05) is 0 Å². The van der Waals surface area contributed by atoms with Gasteiger partial charge in [0.05, 0.1) is 6.04 Å². The number of hydrogen-bond acceptors (Lipinski definition) is 4. The molecule has 0 aromatic carbocycles. The summed E-state index contributed by atoms with van der Waals surface area (Å²) < 4.78 is 0. The van der Waals surface area contributed by atoms with E-state index < -0.39 is 12.1 Å². The van der Waals surface area contributed by atoms with E-state index in [9.17, 15) is 9.59 Å². The van der Waals surface area contributed by atoms with E-state index in [-0.39, 0.29) is 5.91 Å². The largest absolute Gasteiger partial charge is 0.338 e. The van der Waals surface area contributed by atoms with Crippen LogP contribution in [-0.2, 0) is 11.3 Å². The Kier molecular flexibility index (Phi) is 5.65. The molecule has 1 rings (SSSR count). The maximum atomic E-state index is 11.6. The molecule has 17 heavy (non-hydrogen) atoms. The van der Waals surface area contributed by atoms with E-state index in [0.29, 0.717) is 13.1 Å². The third-order valence-corrected chi connectivity index (χ3v) is 2.89. The molecule has 0 bridgehead atoms. The minimum absolute atomic E-state index is 0.328. The Morgan fingerprint density at radius 3 is 2.82 bits per heavy atom. The first-order chi connectivity index (χ1) is 8.13. The van der Waals surface area contributed by atoms with Crippen molar-refractivity contribution in [3.8, 4) is 0 Å². The van der Waals surface area contributed by atoms with Crippen molar-refractivity contribution in [2.24, 2.45) is 0 Å². The van der Waals surface area contributed by atoms with Crippen molar-refractivity contribution in [3.05, 3.63) is 22.4 Å². The molecule has 3 N–H and O–H groups in total. The average molecular weight is 255 g/mol. The van der Waals surface area contributed by atoms with Crippen molar-refractivity contribution in [2.75, 3.05) is 6.54 Å². The van der Waals surface area contributed by atoms with Gasteiger partial charge in [-0.15, -0.1) is 0 Å². The van der Waals surface area contributed by atoms with Crippen LogP contribution in [0.1, 0.15) is 19.4 Å². The number of amides is 3. The van der Waals surface area contributed by atoms with E-state index in [4.69, 9.17) is 0 Å². The van der Waals surface area contributed by atoms with Crippen molar-refractivity contribution >= 4 is 23.3 Å². The lowest BCUT2D eigenvalue weighted by atomic mass is 10.2. The summed E-state index contributed by atoms with van der Waals surface area (Å²) in [6.07, 6.45) is 0. The maximum absolute atomic E-state index is 11.6. The summed E-state index contributed by atoms with van der Waals surface area (Å²) in [4.78, 5) is 22.7. The van der Waals surface area contributed by atoms with E-state index in [1.807, 2.05) is 16.8 Å². The van der Waals surface area contributed by atoms with E-state index in [2.05, 4.69) is 16.0 Å². The molecule has 0 spiro atoms. The highest BCUT2D eigenvalue weighted by Crippen LogP contribution is 2.05. The monoisotopic (exact) mass is 255 g/mol. The normalized spacial score (nSPS) is 11.9. The molecule has 3 amide bonds. The van der Waals surface area contributed by atoms with Crippen LogP contribution in [0.25, 0.3) is 0 Å². The Bertz CT molecular complexity index is 365. The Labute approximate surface area is 105 Å². The molecule has 6 heteroatoms. The molecule has 5 nitrogen and oxygen atoms in total. The summed E-state index contributed by atoms with van der Waals surface area (Å²) in [5.74, 6) is -0.328. The van der Waals surface area contributed by atoms with Crippen LogP contribution in [0.5, 0.6) is 0 Å². The number of carbonyl (C=O) groups excluding carboxylic acids is 2. The Morgan fingerprint density at radius 1 is 1.47 bits per heavy atom. The van der Waals surface area contributed by atoms with Gasteiger partial charge in [-0.25, -0.2) is 4.79 Å². The summed E-state index contributed by atoms with van der Waals surface area (Å²) >= 11 is 1.61. The fourth-order valence-electron chi connectivity index (χ4n) is 1.18. The van der Waals surface area contributed by atoms with Crippen LogP contribution in [0, 0.1) is 0 Å². The third-order valence-electron chi connectivity index (χ3n) is 2.16. The van der Waals surface area contributed by atoms with E-state index in [1.54, 1.807) is 25.2 Å².